The van der Waals surface area contributed by atoms with E-state index in [9.17, 15) is 13.2 Å². The number of rotatable bonds is 5. The van der Waals surface area contributed by atoms with Gasteiger partial charge in [-0.05, 0) is 56.2 Å². The highest BCUT2D eigenvalue weighted by molar-refractivity contribution is 7.89. The topological polar surface area (TPSA) is 66.5 Å². The zero-order valence-corrected chi connectivity index (χ0v) is 17.8. The van der Waals surface area contributed by atoms with Crippen LogP contribution in [0.2, 0.25) is 0 Å². The number of sulfonamides is 1. The molecule has 5 nitrogen and oxygen atoms in total. The highest BCUT2D eigenvalue weighted by atomic mass is 32.2. The van der Waals surface area contributed by atoms with Crippen LogP contribution in [0.1, 0.15) is 63.4 Å². The van der Waals surface area contributed by atoms with Crippen LogP contribution in [-0.2, 0) is 14.8 Å². The first kappa shape index (κ1) is 21.3. The average molecular weight is 407 g/mol. The maximum Gasteiger partial charge on any atom is 0.243 e. The van der Waals surface area contributed by atoms with Crippen LogP contribution in [0.4, 0.5) is 0 Å². The van der Waals surface area contributed by atoms with Gasteiger partial charge in [0.15, 0.2) is 0 Å². The van der Waals surface area contributed by atoms with Crippen LogP contribution in [-0.4, -0.2) is 38.3 Å². The molecule has 1 aliphatic heterocycles. The van der Waals surface area contributed by atoms with Crippen LogP contribution in [0, 0.1) is 18.8 Å². The molecule has 0 bridgehead atoms. The van der Waals surface area contributed by atoms with Crippen LogP contribution in [0.3, 0.4) is 0 Å². The van der Waals surface area contributed by atoms with E-state index < -0.39 is 10.0 Å². The predicted molar refractivity (Wildman–Crippen MR) is 111 cm³/mol. The van der Waals surface area contributed by atoms with E-state index in [-0.39, 0.29) is 17.7 Å². The Morgan fingerprint density at radius 1 is 1.07 bits per heavy atom. The van der Waals surface area contributed by atoms with Crippen molar-refractivity contribution in [2.45, 2.75) is 69.6 Å². The Bertz CT molecular complexity index is 755. The number of nitrogens with zero attached hydrogens (tertiary/aromatic N) is 1. The van der Waals surface area contributed by atoms with Crippen molar-refractivity contribution >= 4 is 15.9 Å². The van der Waals surface area contributed by atoms with E-state index in [1.54, 1.807) is 22.5 Å². The fraction of sp³-hybridized carbons (Fsp3) is 0.682. The van der Waals surface area contributed by atoms with Gasteiger partial charge in [0, 0.05) is 25.6 Å². The van der Waals surface area contributed by atoms with Gasteiger partial charge in [0.1, 0.15) is 0 Å². The fourth-order valence-electron chi connectivity index (χ4n) is 4.44. The molecule has 0 radical (unpaired) electrons. The molecule has 1 aliphatic carbocycles. The van der Waals surface area contributed by atoms with Crippen molar-refractivity contribution in [1.29, 1.82) is 0 Å². The van der Waals surface area contributed by atoms with Gasteiger partial charge in [0.2, 0.25) is 15.9 Å². The normalized spacial score (nSPS) is 23.0. The Balaban J connectivity index is 1.55. The molecule has 6 heteroatoms. The second-order valence-corrected chi connectivity index (χ2v) is 10.4. The molecule has 1 unspecified atom stereocenters. The maximum atomic E-state index is 13.0. The molecule has 3 rings (SSSR count). The molecule has 2 aliphatic rings. The van der Waals surface area contributed by atoms with Crippen molar-refractivity contribution in [3.63, 3.8) is 0 Å². The largest absolute Gasteiger partial charge is 0.356 e. The zero-order valence-electron chi connectivity index (χ0n) is 17.0. The number of carbonyl (C=O) groups is 1. The minimum Gasteiger partial charge on any atom is -0.356 e. The highest BCUT2D eigenvalue weighted by Gasteiger charge is 2.31. The molecule has 28 heavy (non-hydrogen) atoms. The molecule has 1 N–H and O–H groups in total. The quantitative estimate of drug-likeness (QED) is 0.807. The standard InChI is InChI=1S/C22H34N2O3S/c1-18-9-7-13-21(15-18)28(26,27)24-14-8-10-19(17-24)16-23-22(25)20-11-5-3-2-4-6-12-20/h7,9,13,15,19-20H,2-6,8,10-12,14,16-17H2,1H3,(H,23,25). The van der Waals surface area contributed by atoms with Gasteiger partial charge in [0.05, 0.1) is 4.90 Å². The lowest BCUT2D eigenvalue weighted by molar-refractivity contribution is -0.125. The van der Waals surface area contributed by atoms with Gasteiger partial charge >= 0.3 is 0 Å². The third-order valence-corrected chi connectivity index (χ3v) is 8.01. The fourth-order valence-corrected chi connectivity index (χ4v) is 6.10. The summed E-state index contributed by atoms with van der Waals surface area (Å²) in [6, 6.07) is 7.10. The Kier molecular flexibility index (Phi) is 7.52. The van der Waals surface area contributed by atoms with Crippen LogP contribution in [0.25, 0.3) is 0 Å². The van der Waals surface area contributed by atoms with Crippen molar-refractivity contribution in [1.82, 2.24) is 9.62 Å². The SMILES string of the molecule is Cc1cccc(S(=O)(=O)N2CCCC(CNC(=O)C3CCCCCCC3)C2)c1. The second kappa shape index (κ2) is 9.88. The predicted octanol–water partition coefficient (Wildman–Crippen LogP) is 3.87. The van der Waals surface area contributed by atoms with Gasteiger partial charge in [-0.2, -0.15) is 4.31 Å². The third-order valence-electron chi connectivity index (χ3n) is 6.15. The minimum atomic E-state index is -3.46. The summed E-state index contributed by atoms with van der Waals surface area (Å²) >= 11 is 0. The van der Waals surface area contributed by atoms with Gasteiger partial charge < -0.3 is 5.32 Å². The number of piperidine rings is 1. The number of amides is 1. The lowest BCUT2D eigenvalue weighted by Gasteiger charge is -2.32. The highest BCUT2D eigenvalue weighted by Crippen LogP contribution is 2.25. The Hall–Kier alpha value is -1.40. The van der Waals surface area contributed by atoms with Crippen molar-refractivity contribution < 1.29 is 13.2 Å². The average Bonchev–Trinajstić information content (AvgIpc) is 2.66. The molecule has 1 saturated heterocycles. The number of nitrogens with one attached hydrogen (secondary N) is 1. The van der Waals surface area contributed by atoms with E-state index in [1.807, 2.05) is 13.0 Å². The monoisotopic (exact) mass is 406 g/mol. The first-order valence-electron chi connectivity index (χ1n) is 10.8. The van der Waals surface area contributed by atoms with E-state index in [1.165, 1.54) is 19.3 Å². The lowest BCUT2D eigenvalue weighted by atomic mass is 9.90. The van der Waals surface area contributed by atoms with Crippen LogP contribution in [0.5, 0.6) is 0 Å². The number of aryl methyl sites for hydroxylation is 1. The molecule has 1 saturated carbocycles. The van der Waals surface area contributed by atoms with Crippen LogP contribution >= 0.6 is 0 Å². The van der Waals surface area contributed by atoms with Gasteiger partial charge in [0.25, 0.3) is 0 Å². The van der Waals surface area contributed by atoms with E-state index >= 15 is 0 Å². The first-order chi connectivity index (χ1) is 13.5. The Morgan fingerprint density at radius 3 is 2.50 bits per heavy atom. The molecule has 1 heterocycles. The van der Waals surface area contributed by atoms with Gasteiger partial charge in [-0.15, -0.1) is 0 Å². The summed E-state index contributed by atoms with van der Waals surface area (Å²) in [7, 11) is -3.46. The van der Waals surface area contributed by atoms with Gasteiger partial charge in [-0.1, -0.05) is 44.2 Å². The Morgan fingerprint density at radius 2 is 1.79 bits per heavy atom. The lowest BCUT2D eigenvalue weighted by Crippen LogP contribution is -2.44. The van der Waals surface area contributed by atoms with Gasteiger partial charge in [-0.25, -0.2) is 8.42 Å². The summed E-state index contributed by atoms with van der Waals surface area (Å²) in [5.41, 5.74) is 0.945. The summed E-state index contributed by atoms with van der Waals surface area (Å²) in [6.45, 7) is 3.53. The molecule has 2 fully saturated rings. The van der Waals surface area contributed by atoms with Crippen molar-refractivity contribution in [2.24, 2.45) is 11.8 Å². The molecular formula is C22H34N2O3S. The minimum absolute atomic E-state index is 0.135. The number of benzene rings is 1. The summed E-state index contributed by atoms with van der Waals surface area (Å²) in [5.74, 6) is 0.488. The molecule has 1 aromatic rings. The van der Waals surface area contributed by atoms with E-state index in [2.05, 4.69) is 5.32 Å². The molecule has 0 spiro atoms. The maximum absolute atomic E-state index is 13.0. The van der Waals surface area contributed by atoms with Gasteiger partial charge in [-0.3, -0.25) is 4.79 Å². The number of hydrogen-bond donors (Lipinski definition) is 1. The van der Waals surface area contributed by atoms with Crippen LogP contribution < -0.4 is 5.32 Å². The Labute approximate surface area is 169 Å². The molecule has 1 amide bonds. The second-order valence-electron chi connectivity index (χ2n) is 8.48. The number of carbonyl (C=O) groups excluding carboxylic acids is 1. The molecule has 156 valence electrons. The third kappa shape index (κ3) is 5.57. The molecule has 0 aromatic heterocycles. The number of hydrogen-bond acceptors (Lipinski definition) is 3. The zero-order chi connectivity index (χ0) is 20.0. The molecular weight excluding hydrogens is 372 g/mol. The van der Waals surface area contributed by atoms with Crippen LogP contribution in [0.15, 0.2) is 29.2 Å². The summed E-state index contributed by atoms with van der Waals surface area (Å²) in [5, 5.41) is 3.13. The van der Waals surface area contributed by atoms with Crippen molar-refractivity contribution in [3.05, 3.63) is 29.8 Å². The summed E-state index contributed by atoms with van der Waals surface area (Å²) < 4.78 is 27.6. The summed E-state index contributed by atoms with van der Waals surface area (Å²) in [6.07, 6.45) is 9.83. The van der Waals surface area contributed by atoms with E-state index in [4.69, 9.17) is 0 Å². The molecule has 1 aromatic carbocycles. The van der Waals surface area contributed by atoms with E-state index in [0.717, 1.165) is 44.1 Å². The van der Waals surface area contributed by atoms with Crippen molar-refractivity contribution in [3.8, 4) is 0 Å². The van der Waals surface area contributed by atoms with Crippen molar-refractivity contribution in [2.75, 3.05) is 19.6 Å². The summed E-state index contributed by atoms with van der Waals surface area (Å²) in [4.78, 5) is 13.0. The smallest absolute Gasteiger partial charge is 0.243 e. The first-order valence-corrected chi connectivity index (χ1v) is 12.3. The van der Waals surface area contributed by atoms with E-state index in [0.29, 0.717) is 24.5 Å². The molecule has 1 atom stereocenters.